The van der Waals surface area contributed by atoms with Gasteiger partial charge >= 0.3 is 6.18 Å². The van der Waals surface area contributed by atoms with Crippen LogP contribution in [0.2, 0.25) is 0 Å². The molecular formula is C23H22F3N5O4S. The summed E-state index contributed by atoms with van der Waals surface area (Å²) in [5.41, 5.74) is 9.26. The van der Waals surface area contributed by atoms with Gasteiger partial charge in [0.1, 0.15) is 10.6 Å². The summed E-state index contributed by atoms with van der Waals surface area (Å²) in [6.45, 7) is 0. The van der Waals surface area contributed by atoms with Crippen LogP contribution in [0, 0.1) is 0 Å². The summed E-state index contributed by atoms with van der Waals surface area (Å²) in [5.74, 6) is -2.54. The lowest BCUT2D eigenvalue weighted by Gasteiger charge is -2.31. The minimum Gasteiger partial charge on any atom is -0.467 e. The Balaban J connectivity index is 1.86. The van der Waals surface area contributed by atoms with E-state index < -0.39 is 35.5 Å². The molecule has 3 amide bonds. The second kappa shape index (κ2) is 10.0. The van der Waals surface area contributed by atoms with Gasteiger partial charge < -0.3 is 21.2 Å². The van der Waals surface area contributed by atoms with E-state index in [4.69, 9.17) is 15.9 Å². The lowest BCUT2D eigenvalue weighted by atomic mass is 10.1. The normalized spacial score (nSPS) is 15.0. The molecule has 1 fully saturated rings. The minimum absolute atomic E-state index is 0.0227. The highest BCUT2D eigenvalue weighted by atomic mass is 32.1. The molecule has 0 radical (unpaired) electrons. The van der Waals surface area contributed by atoms with E-state index in [2.05, 4.69) is 9.69 Å². The van der Waals surface area contributed by atoms with Gasteiger partial charge in [-0.15, -0.1) is 0 Å². The number of amides is 3. The van der Waals surface area contributed by atoms with Crippen molar-refractivity contribution in [3.8, 4) is 0 Å². The van der Waals surface area contributed by atoms with Gasteiger partial charge in [0, 0.05) is 11.7 Å². The molecule has 0 aliphatic heterocycles. The Morgan fingerprint density at radius 1 is 1.17 bits per heavy atom. The van der Waals surface area contributed by atoms with E-state index in [1.807, 2.05) is 0 Å². The van der Waals surface area contributed by atoms with Crippen LogP contribution in [0.1, 0.15) is 63.2 Å². The molecule has 36 heavy (non-hydrogen) atoms. The molecule has 5 N–H and O–H groups in total. The average Bonchev–Trinajstić information content (AvgIpc) is 3.59. The average molecular weight is 522 g/mol. The summed E-state index contributed by atoms with van der Waals surface area (Å²) in [5, 5.41) is 2.87. The van der Waals surface area contributed by atoms with Crippen LogP contribution in [0.25, 0.3) is 0 Å². The van der Waals surface area contributed by atoms with E-state index in [0.717, 1.165) is 48.8 Å². The zero-order valence-corrected chi connectivity index (χ0v) is 19.6. The number of nitrogen functional groups attached to an aromatic ring is 1. The Kier molecular flexibility index (Phi) is 7.02. The van der Waals surface area contributed by atoms with Gasteiger partial charge in [0.2, 0.25) is 0 Å². The van der Waals surface area contributed by atoms with Crippen molar-refractivity contribution in [2.75, 3.05) is 10.6 Å². The SMILES string of the molecule is NC(=O)c1nsc(C(=O)N(c2cccc(C(F)(F)F)c2)[C@H](C(=O)NC2CCCC2)c2ccco2)c1N. The van der Waals surface area contributed by atoms with Crippen molar-refractivity contribution < 1.29 is 32.0 Å². The van der Waals surface area contributed by atoms with Gasteiger partial charge in [-0.2, -0.15) is 17.5 Å². The molecule has 1 aromatic carbocycles. The fourth-order valence-electron chi connectivity index (χ4n) is 4.13. The number of rotatable bonds is 7. The monoisotopic (exact) mass is 521 g/mol. The van der Waals surface area contributed by atoms with E-state index in [-0.39, 0.29) is 33.7 Å². The van der Waals surface area contributed by atoms with Gasteiger partial charge in [-0.05, 0) is 54.7 Å². The van der Waals surface area contributed by atoms with E-state index in [1.54, 1.807) is 0 Å². The topological polar surface area (TPSA) is 145 Å². The molecule has 2 aromatic heterocycles. The predicted octanol–water partition coefficient (Wildman–Crippen LogP) is 3.88. The molecule has 3 aromatic rings. The van der Waals surface area contributed by atoms with Gasteiger partial charge in [0.25, 0.3) is 17.7 Å². The summed E-state index contributed by atoms with van der Waals surface area (Å²) in [6, 6.07) is 5.29. The summed E-state index contributed by atoms with van der Waals surface area (Å²) >= 11 is 0.553. The Morgan fingerprint density at radius 3 is 2.47 bits per heavy atom. The maximum Gasteiger partial charge on any atom is 0.416 e. The lowest BCUT2D eigenvalue weighted by molar-refractivity contribution is -0.137. The van der Waals surface area contributed by atoms with Crippen LogP contribution in [0.4, 0.5) is 24.5 Å². The minimum atomic E-state index is -4.71. The summed E-state index contributed by atoms with van der Waals surface area (Å²) < 4.78 is 49.9. The van der Waals surface area contributed by atoms with E-state index in [1.165, 1.54) is 24.5 Å². The zero-order valence-electron chi connectivity index (χ0n) is 18.7. The van der Waals surface area contributed by atoms with Crippen molar-refractivity contribution in [3.05, 3.63) is 64.6 Å². The van der Waals surface area contributed by atoms with Crippen molar-refractivity contribution in [1.29, 1.82) is 0 Å². The number of alkyl halides is 3. The van der Waals surface area contributed by atoms with Gasteiger partial charge in [-0.3, -0.25) is 19.3 Å². The van der Waals surface area contributed by atoms with Gasteiger partial charge in [-0.25, -0.2) is 0 Å². The third kappa shape index (κ3) is 5.05. The van der Waals surface area contributed by atoms with Crippen LogP contribution in [0.5, 0.6) is 0 Å². The standard InChI is InChI=1S/C23H22F3N5O4S/c24-23(25,26)12-5-3-8-14(11-12)31(22(34)19-16(27)17(20(28)32)30-36-19)18(15-9-4-10-35-15)21(33)29-13-6-1-2-7-13/h3-5,8-11,13,18H,1-2,6-7,27H2,(H2,28,32)(H,29,33)/t18-/m0/s1. The predicted molar refractivity (Wildman–Crippen MR) is 125 cm³/mol. The van der Waals surface area contributed by atoms with E-state index >= 15 is 0 Å². The summed E-state index contributed by atoms with van der Waals surface area (Å²) in [4.78, 5) is 39.6. The van der Waals surface area contributed by atoms with Crippen LogP contribution >= 0.6 is 11.5 Å². The van der Waals surface area contributed by atoms with Gasteiger partial charge in [0.15, 0.2) is 11.7 Å². The van der Waals surface area contributed by atoms with Crippen LogP contribution in [0.3, 0.4) is 0 Å². The maximum atomic E-state index is 13.8. The number of hydrogen-bond acceptors (Lipinski definition) is 7. The van der Waals surface area contributed by atoms with Crippen molar-refractivity contribution in [3.63, 3.8) is 0 Å². The van der Waals surface area contributed by atoms with Crippen LogP contribution < -0.4 is 21.7 Å². The number of furan rings is 1. The number of nitrogens with zero attached hydrogens (tertiary/aromatic N) is 2. The molecule has 190 valence electrons. The first kappa shape index (κ1) is 25.2. The largest absolute Gasteiger partial charge is 0.467 e. The van der Waals surface area contributed by atoms with Crippen LogP contribution in [-0.2, 0) is 11.0 Å². The number of nitrogens with one attached hydrogen (secondary N) is 1. The summed E-state index contributed by atoms with van der Waals surface area (Å²) in [7, 11) is 0. The molecule has 1 aliphatic rings. The molecular weight excluding hydrogens is 499 g/mol. The number of anilines is 2. The number of aromatic nitrogens is 1. The zero-order chi connectivity index (χ0) is 26.0. The molecule has 0 spiro atoms. The van der Waals surface area contributed by atoms with Crippen molar-refractivity contribution in [1.82, 2.24) is 9.69 Å². The highest BCUT2D eigenvalue weighted by Crippen LogP contribution is 2.37. The molecule has 13 heteroatoms. The molecule has 4 rings (SSSR count). The fraction of sp³-hybridized carbons (Fsp3) is 0.304. The molecule has 0 bridgehead atoms. The second-order valence-corrected chi connectivity index (χ2v) is 9.04. The molecule has 0 saturated heterocycles. The number of carbonyl (C=O) groups excluding carboxylic acids is 3. The fourth-order valence-corrected chi connectivity index (χ4v) is 4.87. The van der Waals surface area contributed by atoms with Crippen LogP contribution in [0.15, 0.2) is 47.1 Å². The second-order valence-electron chi connectivity index (χ2n) is 8.27. The van der Waals surface area contributed by atoms with Crippen molar-refractivity contribution in [2.45, 2.75) is 43.9 Å². The maximum absolute atomic E-state index is 13.8. The number of nitrogens with two attached hydrogens (primary N) is 2. The Morgan fingerprint density at radius 2 is 1.89 bits per heavy atom. The number of halogens is 3. The quantitative estimate of drug-likeness (QED) is 0.430. The molecule has 1 saturated carbocycles. The Hall–Kier alpha value is -3.87. The molecule has 2 heterocycles. The Labute approximate surface area is 207 Å². The molecule has 1 atom stereocenters. The molecule has 0 unspecified atom stereocenters. The van der Waals surface area contributed by atoms with E-state index in [0.29, 0.717) is 11.5 Å². The lowest BCUT2D eigenvalue weighted by Crippen LogP contribution is -2.46. The van der Waals surface area contributed by atoms with Gasteiger partial charge in [0.05, 0.1) is 17.5 Å². The highest BCUT2D eigenvalue weighted by Gasteiger charge is 2.40. The number of carbonyl (C=O) groups is 3. The van der Waals surface area contributed by atoms with Crippen LogP contribution in [-0.4, -0.2) is 28.1 Å². The van der Waals surface area contributed by atoms with Crippen molar-refractivity contribution >= 4 is 40.6 Å². The first-order chi connectivity index (χ1) is 17.1. The summed E-state index contributed by atoms with van der Waals surface area (Å²) in [6.07, 6.45) is -0.123. The van der Waals surface area contributed by atoms with Crippen molar-refractivity contribution in [2.24, 2.45) is 5.73 Å². The molecule has 1 aliphatic carbocycles. The first-order valence-corrected chi connectivity index (χ1v) is 11.7. The highest BCUT2D eigenvalue weighted by molar-refractivity contribution is 7.09. The number of hydrogen-bond donors (Lipinski definition) is 3. The molecule has 9 nitrogen and oxygen atoms in total. The number of benzene rings is 1. The number of primary amides is 1. The third-order valence-electron chi connectivity index (χ3n) is 5.85. The smallest absolute Gasteiger partial charge is 0.416 e. The third-order valence-corrected chi connectivity index (χ3v) is 6.70. The van der Waals surface area contributed by atoms with Gasteiger partial charge in [-0.1, -0.05) is 18.9 Å². The Bertz CT molecular complexity index is 1270. The van der Waals surface area contributed by atoms with E-state index in [9.17, 15) is 27.6 Å². The first-order valence-electron chi connectivity index (χ1n) is 11.0.